The predicted octanol–water partition coefficient (Wildman–Crippen LogP) is 2.52. The van der Waals surface area contributed by atoms with Gasteiger partial charge >= 0.3 is 5.51 Å². The van der Waals surface area contributed by atoms with Crippen molar-refractivity contribution in [2.75, 3.05) is 44.4 Å². The number of sulfone groups is 1. The number of rotatable bonds is 5. The molecule has 0 aliphatic carbocycles. The van der Waals surface area contributed by atoms with Gasteiger partial charge in [-0.1, -0.05) is 0 Å². The third-order valence-electron chi connectivity index (χ3n) is 6.09. The van der Waals surface area contributed by atoms with Gasteiger partial charge in [0.2, 0.25) is 0 Å². The lowest BCUT2D eigenvalue weighted by Crippen LogP contribution is -2.41. The third kappa shape index (κ3) is 4.89. The van der Waals surface area contributed by atoms with Gasteiger partial charge in [-0.05, 0) is 42.8 Å². The van der Waals surface area contributed by atoms with Crippen LogP contribution in [0.4, 0.5) is 18.9 Å². The number of alkyl halides is 3. The fraction of sp³-hybridized carbons (Fsp3) is 0.455. The topological polar surface area (TPSA) is 83.1 Å². The summed E-state index contributed by atoms with van der Waals surface area (Å²) in [4.78, 5) is 22.2. The highest BCUT2D eigenvalue weighted by molar-refractivity contribution is 7.92. The molecule has 2 aliphatic rings. The monoisotopic (exact) mass is 498 g/mol. The number of aromatic nitrogens is 1. The summed E-state index contributed by atoms with van der Waals surface area (Å²) in [5, 5.41) is 0. The molecular formula is C22H25F3N4O4S. The van der Waals surface area contributed by atoms with E-state index in [4.69, 9.17) is 4.74 Å². The van der Waals surface area contributed by atoms with Crippen molar-refractivity contribution < 1.29 is 31.1 Å². The lowest BCUT2D eigenvalue weighted by atomic mass is 10.1. The highest BCUT2D eigenvalue weighted by Gasteiger charge is 2.46. The van der Waals surface area contributed by atoms with Crippen LogP contribution < -0.4 is 4.90 Å². The second kappa shape index (κ2) is 9.51. The summed E-state index contributed by atoms with van der Waals surface area (Å²) in [6.45, 7) is 5.65. The maximum atomic E-state index is 13.0. The van der Waals surface area contributed by atoms with E-state index in [0.29, 0.717) is 57.3 Å². The Morgan fingerprint density at radius 3 is 2.47 bits per heavy atom. The number of anilines is 1. The average molecular weight is 499 g/mol. The summed E-state index contributed by atoms with van der Waals surface area (Å²) in [6.07, 6.45) is 3.22. The molecule has 184 valence electrons. The Kier molecular flexibility index (Phi) is 6.83. The van der Waals surface area contributed by atoms with Crippen molar-refractivity contribution in [3.8, 4) is 0 Å². The van der Waals surface area contributed by atoms with E-state index < -0.39 is 20.2 Å². The van der Waals surface area contributed by atoms with Crippen LogP contribution in [0.15, 0.2) is 47.6 Å². The summed E-state index contributed by atoms with van der Waals surface area (Å²) in [5.74, 6) is -0.0865. The number of halogens is 3. The quantitative estimate of drug-likeness (QED) is 0.627. The zero-order valence-electron chi connectivity index (χ0n) is 18.5. The smallest absolute Gasteiger partial charge is 0.378 e. The number of pyridine rings is 1. The largest absolute Gasteiger partial charge is 0.501 e. The summed E-state index contributed by atoms with van der Waals surface area (Å²) >= 11 is 0. The average Bonchev–Trinajstić information content (AvgIpc) is 3.19. The SMILES string of the molecule is CC1CN(c2ccc(S(=O)(=O)C(F)(F)F)cc2)CN1Cc1ccncc1C(=O)N1CCOCC1. The Bertz CT molecular complexity index is 1140. The van der Waals surface area contributed by atoms with Gasteiger partial charge in [-0.3, -0.25) is 14.7 Å². The molecule has 0 radical (unpaired) electrons. The van der Waals surface area contributed by atoms with Gasteiger partial charge in [-0.2, -0.15) is 13.2 Å². The molecule has 1 aromatic heterocycles. The number of hydrogen-bond donors (Lipinski definition) is 0. The van der Waals surface area contributed by atoms with Gasteiger partial charge in [0.05, 0.1) is 30.3 Å². The molecule has 4 rings (SSSR count). The van der Waals surface area contributed by atoms with Crippen LogP contribution in [-0.2, 0) is 21.1 Å². The van der Waals surface area contributed by atoms with Crippen LogP contribution >= 0.6 is 0 Å². The molecule has 1 unspecified atom stereocenters. The third-order valence-corrected chi connectivity index (χ3v) is 7.59. The van der Waals surface area contributed by atoms with Gasteiger partial charge in [0, 0.05) is 50.3 Å². The second-order valence-electron chi connectivity index (χ2n) is 8.34. The zero-order chi connectivity index (χ0) is 24.5. The van der Waals surface area contributed by atoms with E-state index in [1.54, 1.807) is 17.3 Å². The van der Waals surface area contributed by atoms with Crippen molar-refractivity contribution in [2.45, 2.75) is 29.9 Å². The van der Waals surface area contributed by atoms with Crippen molar-refractivity contribution in [1.29, 1.82) is 0 Å². The van der Waals surface area contributed by atoms with E-state index in [2.05, 4.69) is 9.88 Å². The number of amides is 1. The first-order valence-corrected chi connectivity index (χ1v) is 12.3. The predicted molar refractivity (Wildman–Crippen MR) is 118 cm³/mol. The summed E-state index contributed by atoms with van der Waals surface area (Å²) in [5.41, 5.74) is -3.34. The lowest BCUT2D eigenvalue weighted by molar-refractivity contribution is -0.0436. The maximum absolute atomic E-state index is 13.0. The van der Waals surface area contributed by atoms with Crippen molar-refractivity contribution in [3.05, 3.63) is 53.9 Å². The van der Waals surface area contributed by atoms with Crippen molar-refractivity contribution in [3.63, 3.8) is 0 Å². The molecule has 12 heteroatoms. The molecule has 1 atom stereocenters. The van der Waals surface area contributed by atoms with Crippen LogP contribution in [0, 0.1) is 0 Å². The first-order chi connectivity index (χ1) is 16.1. The number of nitrogens with zero attached hydrogens (tertiary/aromatic N) is 4. The van der Waals surface area contributed by atoms with Crippen LogP contribution in [0.5, 0.6) is 0 Å². The van der Waals surface area contributed by atoms with E-state index in [0.717, 1.165) is 17.7 Å². The van der Waals surface area contributed by atoms with Crippen LogP contribution in [0.3, 0.4) is 0 Å². The number of morpholine rings is 1. The molecule has 34 heavy (non-hydrogen) atoms. The molecule has 0 saturated carbocycles. The minimum absolute atomic E-state index is 0.0865. The molecule has 2 saturated heterocycles. The van der Waals surface area contributed by atoms with Gasteiger partial charge in [-0.25, -0.2) is 8.42 Å². The molecule has 8 nitrogen and oxygen atoms in total. The minimum atomic E-state index is -5.38. The van der Waals surface area contributed by atoms with E-state index in [1.165, 1.54) is 12.1 Å². The molecule has 0 bridgehead atoms. The normalized spacial score (nSPS) is 20.1. The van der Waals surface area contributed by atoms with E-state index in [9.17, 15) is 26.4 Å². The molecular weight excluding hydrogens is 473 g/mol. The number of ether oxygens (including phenoxy) is 1. The first kappa shape index (κ1) is 24.4. The van der Waals surface area contributed by atoms with Crippen molar-refractivity contribution in [1.82, 2.24) is 14.8 Å². The molecule has 2 fully saturated rings. The van der Waals surface area contributed by atoms with Gasteiger partial charge in [-0.15, -0.1) is 0 Å². The molecule has 2 aliphatic heterocycles. The van der Waals surface area contributed by atoms with E-state index in [-0.39, 0.29) is 11.9 Å². The van der Waals surface area contributed by atoms with E-state index in [1.807, 2.05) is 17.9 Å². The number of carbonyl (C=O) groups excluding carboxylic acids is 1. The summed E-state index contributed by atoms with van der Waals surface area (Å²) in [6, 6.07) is 6.64. The Labute approximate surface area is 195 Å². The van der Waals surface area contributed by atoms with Crippen LogP contribution in [0.25, 0.3) is 0 Å². The summed E-state index contributed by atoms with van der Waals surface area (Å²) < 4.78 is 66.9. The highest BCUT2D eigenvalue weighted by Crippen LogP contribution is 2.32. The molecule has 1 aromatic carbocycles. The minimum Gasteiger partial charge on any atom is -0.378 e. The summed E-state index contributed by atoms with van der Waals surface area (Å²) in [7, 11) is -5.38. The number of benzene rings is 1. The second-order valence-corrected chi connectivity index (χ2v) is 10.3. The Hall–Kier alpha value is -2.70. The van der Waals surface area contributed by atoms with E-state index >= 15 is 0 Å². The molecule has 0 N–H and O–H groups in total. The van der Waals surface area contributed by atoms with Crippen molar-refractivity contribution in [2.24, 2.45) is 0 Å². The van der Waals surface area contributed by atoms with Crippen LogP contribution in [0.2, 0.25) is 0 Å². The number of hydrogen-bond acceptors (Lipinski definition) is 7. The Morgan fingerprint density at radius 2 is 1.82 bits per heavy atom. The maximum Gasteiger partial charge on any atom is 0.501 e. The molecule has 0 spiro atoms. The van der Waals surface area contributed by atoms with Crippen LogP contribution in [0.1, 0.15) is 22.8 Å². The standard InChI is InChI=1S/C22H25F3N4O4S/c1-16-13-29(18-2-4-19(5-3-18)34(31,32)22(23,24)25)15-28(16)14-17-6-7-26-12-20(17)21(30)27-8-10-33-11-9-27/h2-7,12,16H,8-11,13-15H2,1H3. The highest BCUT2D eigenvalue weighted by atomic mass is 32.2. The molecule has 2 aromatic rings. The van der Waals surface area contributed by atoms with Gasteiger partial charge < -0.3 is 14.5 Å². The zero-order valence-corrected chi connectivity index (χ0v) is 19.3. The Morgan fingerprint density at radius 1 is 1.15 bits per heavy atom. The van der Waals surface area contributed by atoms with Gasteiger partial charge in [0.1, 0.15) is 0 Å². The van der Waals surface area contributed by atoms with Gasteiger partial charge in [0.15, 0.2) is 0 Å². The number of carbonyl (C=O) groups is 1. The first-order valence-electron chi connectivity index (χ1n) is 10.8. The Balaban J connectivity index is 1.47. The fourth-order valence-electron chi connectivity index (χ4n) is 4.12. The lowest BCUT2D eigenvalue weighted by Gasteiger charge is -2.28. The van der Waals surface area contributed by atoms with Crippen LogP contribution in [-0.4, -0.2) is 80.2 Å². The van der Waals surface area contributed by atoms with Gasteiger partial charge in [0.25, 0.3) is 15.7 Å². The fourth-order valence-corrected chi connectivity index (χ4v) is 4.88. The molecule has 1 amide bonds. The van der Waals surface area contributed by atoms with Crippen molar-refractivity contribution >= 4 is 21.4 Å². The molecule has 3 heterocycles.